The lowest BCUT2D eigenvalue weighted by Crippen LogP contribution is -2.31. The molecule has 0 aliphatic carbocycles. The predicted octanol–water partition coefficient (Wildman–Crippen LogP) is 16.1. The van der Waals surface area contributed by atoms with Gasteiger partial charge in [0, 0.05) is 33.1 Å². The zero-order valence-electron chi connectivity index (χ0n) is 33.2. The van der Waals surface area contributed by atoms with E-state index in [1.54, 1.807) is 0 Å². The van der Waals surface area contributed by atoms with Crippen molar-refractivity contribution in [3.05, 3.63) is 230 Å². The van der Waals surface area contributed by atoms with Crippen LogP contribution in [0, 0.1) is 0 Å². The molecule has 0 atom stereocenters. The molecule has 1 aliphatic heterocycles. The molecule has 10 aromatic carbocycles. The highest BCUT2D eigenvalue weighted by molar-refractivity contribution is 6.08. The lowest BCUT2D eigenvalue weighted by Gasteiger charge is -2.43. The highest BCUT2D eigenvalue weighted by Gasteiger charge is 2.38. The number of hydrogen-bond acceptors (Lipinski definition) is 2. The average molecular weight is 755 g/mol. The van der Waals surface area contributed by atoms with E-state index in [4.69, 9.17) is 0 Å². The molecule has 0 saturated heterocycles. The van der Waals surface area contributed by atoms with Gasteiger partial charge < -0.3 is 9.80 Å². The fourth-order valence-electron chi connectivity index (χ4n) is 9.42. The molecule has 0 aromatic heterocycles. The quantitative estimate of drug-likeness (QED) is 0.167. The van der Waals surface area contributed by atoms with Crippen LogP contribution in [0.5, 0.6) is 0 Å². The third-order valence-corrected chi connectivity index (χ3v) is 12.4. The molecule has 2 nitrogen and oxygen atoms in total. The summed E-state index contributed by atoms with van der Waals surface area (Å²) < 4.78 is 0. The SMILES string of the molecule is CC1(C)c2ccccc2N(c2c(-c3ccc4ccccc4c3)ccc3ccccc23)c2ccc(N(c3ccc(-c4ccccc4)cc3)c3cccc4ccccc34)cc21. The normalized spacial score (nSPS) is 13.0. The minimum absolute atomic E-state index is 0.298. The summed E-state index contributed by atoms with van der Waals surface area (Å²) in [4.78, 5) is 4.99. The topological polar surface area (TPSA) is 6.48 Å². The van der Waals surface area contributed by atoms with E-state index in [-0.39, 0.29) is 5.41 Å². The van der Waals surface area contributed by atoms with E-state index in [2.05, 4.69) is 242 Å². The Morgan fingerprint density at radius 2 is 0.949 bits per heavy atom. The summed E-state index contributed by atoms with van der Waals surface area (Å²) in [7, 11) is 0. The molecule has 280 valence electrons. The Morgan fingerprint density at radius 3 is 1.76 bits per heavy atom. The number of para-hydroxylation sites is 1. The summed E-state index contributed by atoms with van der Waals surface area (Å²) in [5, 5.41) is 7.34. The Morgan fingerprint density at radius 1 is 0.373 bits per heavy atom. The third-order valence-electron chi connectivity index (χ3n) is 12.4. The molecule has 0 spiro atoms. The van der Waals surface area contributed by atoms with Gasteiger partial charge in [-0.25, -0.2) is 0 Å². The smallest absolute Gasteiger partial charge is 0.0618 e. The molecule has 10 aromatic rings. The summed E-state index contributed by atoms with van der Waals surface area (Å²) in [6, 6.07) is 80.1. The minimum atomic E-state index is -0.298. The predicted molar refractivity (Wildman–Crippen MR) is 251 cm³/mol. The maximum Gasteiger partial charge on any atom is 0.0618 e. The molecule has 0 saturated carbocycles. The van der Waals surface area contributed by atoms with Crippen LogP contribution in [-0.2, 0) is 5.41 Å². The van der Waals surface area contributed by atoms with Crippen molar-refractivity contribution in [3.8, 4) is 22.3 Å². The molecule has 1 heterocycles. The molecule has 1 aliphatic rings. The maximum absolute atomic E-state index is 2.55. The van der Waals surface area contributed by atoms with Crippen LogP contribution >= 0.6 is 0 Å². The van der Waals surface area contributed by atoms with E-state index in [1.807, 2.05) is 0 Å². The van der Waals surface area contributed by atoms with E-state index >= 15 is 0 Å². The van der Waals surface area contributed by atoms with Gasteiger partial charge in [-0.15, -0.1) is 0 Å². The van der Waals surface area contributed by atoms with Gasteiger partial charge in [0.25, 0.3) is 0 Å². The van der Waals surface area contributed by atoms with E-state index < -0.39 is 0 Å². The molecule has 11 rings (SSSR count). The first-order chi connectivity index (χ1) is 29.0. The second-order valence-electron chi connectivity index (χ2n) is 16.2. The van der Waals surface area contributed by atoms with Gasteiger partial charge in [0.05, 0.1) is 22.7 Å². The van der Waals surface area contributed by atoms with Crippen LogP contribution in [0.3, 0.4) is 0 Å². The van der Waals surface area contributed by atoms with Crippen molar-refractivity contribution in [2.24, 2.45) is 0 Å². The fourth-order valence-corrected chi connectivity index (χ4v) is 9.42. The van der Waals surface area contributed by atoms with E-state index in [9.17, 15) is 0 Å². The van der Waals surface area contributed by atoms with Crippen molar-refractivity contribution in [2.45, 2.75) is 19.3 Å². The number of rotatable bonds is 6. The van der Waals surface area contributed by atoms with Gasteiger partial charge in [-0.1, -0.05) is 184 Å². The maximum atomic E-state index is 2.55. The van der Waals surface area contributed by atoms with Gasteiger partial charge in [-0.2, -0.15) is 0 Å². The Labute approximate surface area is 345 Å². The van der Waals surface area contributed by atoms with Crippen LogP contribution in [0.1, 0.15) is 25.0 Å². The number of anilines is 6. The summed E-state index contributed by atoms with van der Waals surface area (Å²) in [6.45, 7) is 4.77. The number of fused-ring (bicyclic) bond motifs is 5. The molecule has 0 unspecified atom stereocenters. The first-order valence-electron chi connectivity index (χ1n) is 20.5. The van der Waals surface area contributed by atoms with Crippen molar-refractivity contribution in [2.75, 3.05) is 9.80 Å². The molecular formula is C57H42N2. The first-order valence-corrected chi connectivity index (χ1v) is 20.5. The van der Waals surface area contributed by atoms with Crippen molar-refractivity contribution in [3.63, 3.8) is 0 Å². The minimum Gasteiger partial charge on any atom is -0.310 e. The van der Waals surface area contributed by atoms with Crippen LogP contribution in [0.4, 0.5) is 34.1 Å². The third kappa shape index (κ3) is 5.79. The van der Waals surface area contributed by atoms with E-state index in [0.29, 0.717) is 0 Å². The summed E-state index contributed by atoms with van der Waals surface area (Å²) >= 11 is 0. The van der Waals surface area contributed by atoms with E-state index in [0.717, 1.165) is 17.1 Å². The second-order valence-corrected chi connectivity index (χ2v) is 16.2. The molecule has 0 N–H and O–H groups in total. The van der Waals surface area contributed by atoms with Crippen molar-refractivity contribution >= 4 is 66.4 Å². The fraction of sp³-hybridized carbons (Fsp3) is 0.0526. The van der Waals surface area contributed by atoms with Gasteiger partial charge in [0.15, 0.2) is 0 Å². The molecule has 0 bridgehead atoms. The Hall–Kier alpha value is -7.42. The lowest BCUT2D eigenvalue weighted by atomic mass is 9.73. The van der Waals surface area contributed by atoms with Crippen LogP contribution in [0.15, 0.2) is 218 Å². The van der Waals surface area contributed by atoms with Gasteiger partial charge in [-0.3, -0.25) is 0 Å². The lowest BCUT2D eigenvalue weighted by molar-refractivity contribution is 0.632. The monoisotopic (exact) mass is 754 g/mol. The molecule has 2 heteroatoms. The summed E-state index contributed by atoms with van der Waals surface area (Å²) in [6.07, 6.45) is 0. The Balaban J connectivity index is 1.15. The van der Waals surface area contributed by atoms with Crippen LogP contribution < -0.4 is 9.80 Å². The number of benzene rings is 10. The van der Waals surface area contributed by atoms with Crippen LogP contribution in [0.25, 0.3) is 54.6 Å². The molecule has 59 heavy (non-hydrogen) atoms. The van der Waals surface area contributed by atoms with Gasteiger partial charge in [0.2, 0.25) is 0 Å². The first kappa shape index (κ1) is 34.8. The van der Waals surface area contributed by atoms with Gasteiger partial charge >= 0.3 is 0 Å². The Kier molecular flexibility index (Phi) is 8.20. The molecule has 0 amide bonds. The average Bonchev–Trinajstić information content (AvgIpc) is 3.30. The second kappa shape index (κ2) is 13.9. The molecular weight excluding hydrogens is 713 g/mol. The molecule has 0 radical (unpaired) electrons. The highest BCUT2D eigenvalue weighted by Crippen LogP contribution is 2.56. The molecule has 0 fully saturated rings. The summed E-state index contributed by atoms with van der Waals surface area (Å²) in [5.74, 6) is 0. The zero-order chi connectivity index (χ0) is 39.5. The van der Waals surface area contributed by atoms with Crippen molar-refractivity contribution in [1.82, 2.24) is 0 Å². The largest absolute Gasteiger partial charge is 0.310 e. The van der Waals surface area contributed by atoms with Gasteiger partial charge in [0.1, 0.15) is 0 Å². The van der Waals surface area contributed by atoms with Crippen LogP contribution in [0.2, 0.25) is 0 Å². The number of hydrogen-bond donors (Lipinski definition) is 0. The highest BCUT2D eigenvalue weighted by atomic mass is 15.2. The van der Waals surface area contributed by atoms with Crippen molar-refractivity contribution < 1.29 is 0 Å². The zero-order valence-corrected chi connectivity index (χ0v) is 33.2. The van der Waals surface area contributed by atoms with Gasteiger partial charge in [-0.05, 0) is 97.9 Å². The van der Waals surface area contributed by atoms with E-state index in [1.165, 1.54) is 82.8 Å². The van der Waals surface area contributed by atoms with Crippen molar-refractivity contribution in [1.29, 1.82) is 0 Å². The Bertz CT molecular complexity index is 3190. The van der Waals surface area contributed by atoms with Crippen LogP contribution in [-0.4, -0.2) is 0 Å². The summed E-state index contributed by atoms with van der Waals surface area (Å²) in [5.41, 5.74) is 14.0. The standard InChI is InChI=1S/C57H42N2/c1-57(2)51-24-12-13-25-54(51)59(56-49-23-11-9-19-43(49)31-35-50(56)45-28-27-40-17-6-7-20-44(40)37-45)55-36-34-47(38-52(55)57)58(53-26-14-21-42-18-8-10-22-48(42)53)46-32-29-41(30-33-46)39-15-4-3-5-16-39/h3-38H,1-2H3. The number of nitrogens with zero attached hydrogens (tertiary/aromatic N) is 2.